The summed E-state index contributed by atoms with van der Waals surface area (Å²) in [6.07, 6.45) is 1.14. The number of nitrogens with one attached hydrogen (secondary N) is 1. The van der Waals surface area contributed by atoms with Crippen LogP contribution in [0.2, 0.25) is 0 Å². The Balaban J connectivity index is 2.05. The van der Waals surface area contributed by atoms with Crippen molar-refractivity contribution in [2.45, 2.75) is 71.0 Å². The van der Waals surface area contributed by atoms with Gasteiger partial charge in [0.15, 0.2) is 0 Å². The number of aryl methyl sites for hydroxylation is 2. The average molecular weight is 550 g/mol. The van der Waals surface area contributed by atoms with Crippen molar-refractivity contribution in [3.05, 3.63) is 95.6 Å². The van der Waals surface area contributed by atoms with E-state index in [1.165, 1.54) is 17.0 Å². The first-order valence-electron chi connectivity index (χ1n) is 13.4. The zero-order valence-electron chi connectivity index (χ0n) is 23.4. The second-order valence-corrected chi connectivity index (χ2v) is 11.7. The Morgan fingerprint density at radius 3 is 2.05 bits per heavy atom. The molecule has 3 rings (SSSR count). The Morgan fingerprint density at radius 2 is 1.46 bits per heavy atom. The number of hydrogen-bond acceptors (Lipinski definition) is 4. The summed E-state index contributed by atoms with van der Waals surface area (Å²) in [6.45, 7) is 9.29. The Morgan fingerprint density at radius 1 is 0.846 bits per heavy atom. The van der Waals surface area contributed by atoms with Crippen LogP contribution >= 0.6 is 0 Å². The van der Waals surface area contributed by atoms with Gasteiger partial charge in [0.2, 0.25) is 11.8 Å². The maximum Gasteiger partial charge on any atom is 0.264 e. The first kappa shape index (κ1) is 29.9. The highest BCUT2D eigenvalue weighted by atomic mass is 32.2. The standard InChI is InChI=1S/C31H39N3O4S/c1-6-25(5)32-31(36)28(7-2)33(21-26-19-17-23(3)18-20-26)30(35)22-34(29-16-12-11-13-24(29)4)39(37,38)27-14-9-8-10-15-27/h8-20,25,28H,6-7,21-22H2,1-5H3,(H,32,36). The molecule has 0 aromatic heterocycles. The van der Waals surface area contributed by atoms with E-state index in [4.69, 9.17) is 0 Å². The Labute approximate surface area is 232 Å². The minimum Gasteiger partial charge on any atom is -0.352 e. The third kappa shape index (κ3) is 7.47. The molecule has 0 bridgehead atoms. The molecule has 0 aliphatic carbocycles. The number of benzene rings is 3. The summed E-state index contributed by atoms with van der Waals surface area (Å²) in [4.78, 5) is 29.0. The maximum atomic E-state index is 14.1. The molecule has 2 amide bonds. The molecular weight excluding hydrogens is 510 g/mol. The van der Waals surface area contributed by atoms with Gasteiger partial charge in [-0.3, -0.25) is 13.9 Å². The van der Waals surface area contributed by atoms with E-state index in [1.54, 1.807) is 30.3 Å². The van der Waals surface area contributed by atoms with E-state index in [2.05, 4.69) is 5.32 Å². The molecule has 0 saturated heterocycles. The monoisotopic (exact) mass is 549 g/mol. The van der Waals surface area contributed by atoms with Crippen molar-refractivity contribution < 1.29 is 18.0 Å². The van der Waals surface area contributed by atoms with Gasteiger partial charge in [0.05, 0.1) is 10.6 Å². The molecule has 39 heavy (non-hydrogen) atoms. The van der Waals surface area contributed by atoms with Gasteiger partial charge in [-0.2, -0.15) is 0 Å². The first-order chi connectivity index (χ1) is 18.6. The predicted molar refractivity (Wildman–Crippen MR) is 156 cm³/mol. The van der Waals surface area contributed by atoms with Gasteiger partial charge in [-0.25, -0.2) is 8.42 Å². The van der Waals surface area contributed by atoms with Crippen molar-refractivity contribution in [3.63, 3.8) is 0 Å². The van der Waals surface area contributed by atoms with Crippen LogP contribution in [0.3, 0.4) is 0 Å². The predicted octanol–water partition coefficient (Wildman–Crippen LogP) is 5.22. The van der Waals surface area contributed by atoms with Gasteiger partial charge in [-0.15, -0.1) is 0 Å². The van der Waals surface area contributed by atoms with Gasteiger partial charge in [0.1, 0.15) is 12.6 Å². The molecule has 2 unspecified atom stereocenters. The summed E-state index contributed by atoms with van der Waals surface area (Å²) in [5.41, 5.74) is 3.08. The van der Waals surface area contributed by atoms with Crippen LogP contribution in [0.1, 0.15) is 50.3 Å². The van der Waals surface area contributed by atoms with Crippen LogP contribution in [-0.4, -0.2) is 43.8 Å². The lowest BCUT2D eigenvalue weighted by molar-refractivity contribution is -0.140. The average Bonchev–Trinajstić information content (AvgIpc) is 2.93. The molecule has 7 nitrogen and oxygen atoms in total. The third-order valence-corrected chi connectivity index (χ3v) is 8.63. The lowest BCUT2D eigenvalue weighted by Crippen LogP contribution is -2.53. The lowest BCUT2D eigenvalue weighted by Gasteiger charge is -2.34. The molecule has 3 aromatic carbocycles. The number of nitrogens with zero attached hydrogens (tertiary/aromatic N) is 2. The third-order valence-electron chi connectivity index (χ3n) is 6.85. The van der Waals surface area contributed by atoms with E-state index < -0.39 is 28.5 Å². The molecule has 2 atom stereocenters. The van der Waals surface area contributed by atoms with Gasteiger partial charge in [0.25, 0.3) is 10.0 Å². The molecule has 0 aliphatic heterocycles. The van der Waals surface area contributed by atoms with Crippen LogP contribution in [0.5, 0.6) is 0 Å². The quantitative estimate of drug-likeness (QED) is 0.336. The highest BCUT2D eigenvalue weighted by Crippen LogP contribution is 2.27. The number of carbonyl (C=O) groups excluding carboxylic acids is 2. The molecule has 208 valence electrons. The van der Waals surface area contributed by atoms with Crippen molar-refractivity contribution in [1.82, 2.24) is 10.2 Å². The zero-order chi connectivity index (χ0) is 28.6. The molecule has 0 heterocycles. The van der Waals surface area contributed by atoms with Crippen molar-refractivity contribution in [3.8, 4) is 0 Å². The lowest BCUT2D eigenvalue weighted by atomic mass is 10.1. The van der Waals surface area contributed by atoms with Crippen molar-refractivity contribution in [2.75, 3.05) is 10.8 Å². The van der Waals surface area contributed by atoms with E-state index in [0.717, 1.165) is 27.4 Å². The van der Waals surface area contributed by atoms with Gasteiger partial charge in [-0.1, -0.05) is 80.1 Å². The second kappa shape index (κ2) is 13.4. The molecule has 0 aliphatic rings. The molecule has 0 spiro atoms. The van der Waals surface area contributed by atoms with Gasteiger partial charge in [0, 0.05) is 12.6 Å². The van der Waals surface area contributed by atoms with Gasteiger partial charge in [-0.05, 0) is 62.9 Å². The zero-order valence-corrected chi connectivity index (χ0v) is 24.2. The van der Waals surface area contributed by atoms with Crippen LogP contribution in [0.15, 0.2) is 83.8 Å². The molecule has 3 aromatic rings. The fourth-order valence-corrected chi connectivity index (χ4v) is 5.83. The largest absolute Gasteiger partial charge is 0.352 e. The van der Waals surface area contributed by atoms with Crippen molar-refractivity contribution >= 4 is 27.5 Å². The minimum atomic E-state index is -4.07. The summed E-state index contributed by atoms with van der Waals surface area (Å²) in [5, 5.41) is 3.00. The number of anilines is 1. The minimum absolute atomic E-state index is 0.0511. The highest BCUT2D eigenvalue weighted by molar-refractivity contribution is 7.92. The van der Waals surface area contributed by atoms with Crippen LogP contribution in [0.4, 0.5) is 5.69 Å². The molecule has 0 fully saturated rings. The summed E-state index contributed by atoms with van der Waals surface area (Å²) in [5.74, 6) is -0.704. The summed E-state index contributed by atoms with van der Waals surface area (Å²) >= 11 is 0. The van der Waals surface area contributed by atoms with Gasteiger partial charge >= 0.3 is 0 Å². The van der Waals surface area contributed by atoms with E-state index in [0.29, 0.717) is 12.1 Å². The van der Waals surface area contributed by atoms with Crippen molar-refractivity contribution in [2.24, 2.45) is 0 Å². The van der Waals surface area contributed by atoms with Crippen LogP contribution in [0, 0.1) is 13.8 Å². The maximum absolute atomic E-state index is 14.1. The van der Waals surface area contributed by atoms with Crippen LogP contribution < -0.4 is 9.62 Å². The number of hydrogen-bond donors (Lipinski definition) is 1. The highest BCUT2D eigenvalue weighted by Gasteiger charge is 2.34. The fourth-order valence-electron chi connectivity index (χ4n) is 4.33. The normalized spacial score (nSPS) is 12.8. The molecule has 0 radical (unpaired) electrons. The topological polar surface area (TPSA) is 86.8 Å². The molecular formula is C31H39N3O4S. The van der Waals surface area contributed by atoms with E-state index in [-0.39, 0.29) is 23.4 Å². The smallest absolute Gasteiger partial charge is 0.264 e. The summed E-state index contributed by atoms with van der Waals surface area (Å²) < 4.78 is 28.9. The first-order valence-corrected chi connectivity index (χ1v) is 14.8. The number of para-hydroxylation sites is 1. The Kier molecular flexibility index (Phi) is 10.3. The van der Waals surface area contributed by atoms with Gasteiger partial charge < -0.3 is 10.2 Å². The Bertz CT molecular complexity index is 1360. The van der Waals surface area contributed by atoms with E-state index in [9.17, 15) is 18.0 Å². The number of sulfonamides is 1. The van der Waals surface area contributed by atoms with Crippen LogP contribution in [-0.2, 0) is 26.2 Å². The SMILES string of the molecule is CCC(C)NC(=O)C(CC)N(Cc1ccc(C)cc1)C(=O)CN(c1ccccc1C)S(=O)(=O)c1ccccc1. The Hall–Kier alpha value is -3.65. The second-order valence-electron chi connectivity index (χ2n) is 9.86. The van der Waals surface area contributed by atoms with Crippen molar-refractivity contribution in [1.29, 1.82) is 0 Å². The molecule has 1 N–H and O–H groups in total. The number of carbonyl (C=O) groups is 2. The van der Waals surface area contributed by atoms with Crippen LogP contribution in [0.25, 0.3) is 0 Å². The van der Waals surface area contributed by atoms with E-state index >= 15 is 0 Å². The molecule has 8 heteroatoms. The fraction of sp³-hybridized carbons (Fsp3) is 0.355. The number of amides is 2. The number of rotatable bonds is 12. The van der Waals surface area contributed by atoms with E-state index in [1.807, 2.05) is 71.0 Å². The molecule has 0 saturated carbocycles. The summed E-state index contributed by atoms with van der Waals surface area (Å²) in [6, 6.07) is 22.1. The summed E-state index contributed by atoms with van der Waals surface area (Å²) in [7, 11) is -4.07.